The van der Waals surface area contributed by atoms with Crippen molar-refractivity contribution in [3.05, 3.63) is 36.4 Å². The maximum Gasteiger partial charge on any atom is 0.259 e. The smallest absolute Gasteiger partial charge is 0.259 e. The van der Waals surface area contributed by atoms with Crippen molar-refractivity contribution in [2.24, 2.45) is 0 Å². The molecule has 1 rings (SSSR count). The average Bonchev–Trinajstić information content (AvgIpc) is 2.04. The van der Waals surface area contributed by atoms with E-state index in [0.717, 1.165) is 5.56 Å². The molecule has 0 amide bonds. The molecule has 0 aliphatic carbocycles. The second-order valence-electron chi connectivity index (χ2n) is 2.14. The van der Waals surface area contributed by atoms with Crippen LogP contribution in [0.1, 0.15) is 5.56 Å². The predicted molar refractivity (Wildman–Crippen MR) is 50.9 cm³/mol. The molecule has 0 heterocycles. The Kier molecular flexibility index (Phi) is 3.01. The number of benzene rings is 1. The summed E-state index contributed by atoms with van der Waals surface area (Å²) in [6.45, 7) is 3.58. The molecule has 0 radical (unpaired) electrons. The third-order valence-corrected chi connectivity index (χ3v) is 1.77. The van der Waals surface area contributed by atoms with Crippen molar-refractivity contribution in [3.8, 4) is 0 Å². The second kappa shape index (κ2) is 4.04. The average molecular weight is 183 g/mol. The maximum atomic E-state index is 10.4. The number of nitrogens with one attached hydrogen (secondary N) is 1. The molecule has 0 bridgehead atoms. The standard InChI is InChI=1S/C8H9NO2S/c1-2-7-5-3-4-6-8(7)9-12(10)11/h2-6,9H,1H2,(H,10,11). The first kappa shape index (κ1) is 8.96. The van der Waals surface area contributed by atoms with Crippen molar-refractivity contribution in [2.45, 2.75) is 0 Å². The summed E-state index contributed by atoms with van der Waals surface area (Å²) in [6, 6.07) is 7.14. The van der Waals surface area contributed by atoms with Gasteiger partial charge in [0.2, 0.25) is 0 Å². The summed E-state index contributed by atoms with van der Waals surface area (Å²) < 4.78 is 21.3. The largest absolute Gasteiger partial charge is 0.289 e. The van der Waals surface area contributed by atoms with Crippen LogP contribution in [-0.2, 0) is 11.3 Å². The van der Waals surface area contributed by atoms with E-state index in [1.54, 1.807) is 18.2 Å². The lowest BCUT2D eigenvalue weighted by Crippen LogP contribution is -2.02. The number of para-hydroxylation sites is 1. The lowest BCUT2D eigenvalue weighted by atomic mass is 10.2. The molecule has 1 unspecified atom stereocenters. The molecule has 4 heteroatoms. The molecule has 12 heavy (non-hydrogen) atoms. The van der Waals surface area contributed by atoms with Crippen LogP contribution < -0.4 is 4.72 Å². The van der Waals surface area contributed by atoms with E-state index in [2.05, 4.69) is 11.3 Å². The number of hydrogen-bond donors (Lipinski definition) is 2. The molecule has 0 aliphatic rings. The van der Waals surface area contributed by atoms with Gasteiger partial charge >= 0.3 is 0 Å². The summed E-state index contributed by atoms with van der Waals surface area (Å²) in [5.74, 6) is 0. The second-order valence-corrected chi connectivity index (χ2v) is 2.85. The van der Waals surface area contributed by atoms with Crippen LogP contribution in [0.4, 0.5) is 5.69 Å². The number of anilines is 1. The minimum Gasteiger partial charge on any atom is -0.289 e. The monoisotopic (exact) mass is 183 g/mol. The van der Waals surface area contributed by atoms with Gasteiger partial charge in [0, 0.05) is 0 Å². The van der Waals surface area contributed by atoms with Crippen LogP contribution in [0.2, 0.25) is 0 Å². The van der Waals surface area contributed by atoms with Gasteiger partial charge in [0.25, 0.3) is 11.3 Å². The Morgan fingerprint density at radius 2 is 2.17 bits per heavy atom. The van der Waals surface area contributed by atoms with Crippen LogP contribution in [0.25, 0.3) is 6.08 Å². The lowest BCUT2D eigenvalue weighted by molar-refractivity contribution is 0.570. The van der Waals surface area contributed by atoms with Gasteiger partial charge in [-0.3, -0.25) is 9.27 Å². The molecule has 0 aromatic heterocycles. The Morgan fingerprint density at radius 1 is 1.50 bits per heavy atom. The molecular weight excluding hydrogens is 174 g/mol. The molecule has 0 saturated heterocycles. The van der Waals surface area contributed by atoms with Crippen LogP contribution in [0, 0.1) is 0 Å². The Balaban J connectivity index is 2.96. The first-order chi connectivity index (χ1) is 5.74. The van der Waals surface area contributed by atoms with Crippen LogP contribution in [-0.4, -0.2) is 8.76 Å². The van der Waals surface area contributed by atoms with E-state index in [9.17, 15) is 4.21 Å². The third kappa shape index (κ3) is 2.18. The number of rotatable bonds is 3. The molecular formula is C8H9NO2S. The van der Waals surface area contributed by atoms with Gasteiger partial charge in [-0.15, -0.1) is 0 Å². The van der Waals surface area contributed by atoms with Gasteiger partial charge in [0.15, 0.2) is 0 Å². The predicted octanol–water partition coefficient (Wildman–Crippen LogP) is 1.88. The van der Waals surface area contributed by atoms with Crippen LogP contribution >= 0.6 is 0 Å². The molecule has 0 aliphatic heterocycles. The molecule has 64 valence electrons. The van der Waals surface area contributed by atoms with Crippen LogP contribution in [0.15, 0.2) is 30.8 Å². The van der Waals surface area contributed by atoms with E-state index < -0.39 is 11.3 Å². The molecule has 0 saturated carbocycles. The van der Waals surface area contributed by atoms with Crippen LogP contribution in [0.3, 0.4) is 0 Å². The Morgan fingerprint density at radius 3 is 2.75 bits per heavy atom. The minimum atomic E-state index is -2.03. The summed E-state index contributed by atoms with van der Waals surface area (Å²) in [5, 5.41) is 0. The van der Waals surface area contributed by atoms with Crippen molar-refractivity contribution in [2.75, 3.05) is 4.72 Å². The van der Waals surface area contributed by atoms with E-state index >= 15 is 0 Å². The highest BCUT2D eigenvalue weighted by Crippen LogP contribution is 2.15. The molecule has 0 fully saturated rings. The minimum absolute atomic E-state index is 0.605. The topological polar surface area (TPSA) is 49.3 Å². The molecule has 0 spiro atoms. The molecule has 1 aromatic carbocycles. The fourth-order valence-corrected chi connectivity index (χ4v) is 1.24. The van der Waals surface area contributed by atoms with Crippen molar-refractivity contribution in [1.82, 2.24) is 0 Å². The first-order valence-corrected chi connectivity index (χ1v) is 4.43. The van der Waals surface area contributed by atoms with E-state index in [1.165, 1.54) is 0 Å². The van der Waals surface area contributed by atoms with Gasteiger partial charge in [-0.25, -0.2) is 4.21 Å². The first-order valence-electron chi connectivity index (χ1n) is 3.33. The normalized spacial score (nSPS) is 12.1. The molecule has 1 atom stereocenters. The summed E-state index contributed by atoms with van der Waals surface area (Å²) in [7, 11) is 0. The van der Waals surface area contributed by atoms with E-state index in [-0.39, 0.29) is 0 Å². The zero-order chi connectivity index (χ0) is 8.97. The Labute approximate surface area is 73.5 Å². The van der Waals surface area contributed by atoms with Gasteiger partial charge < -0.3 is 0 Å². The Hall–Kier alpha value is -1.13. The van der Waals surface area contributed by atoms with Gasteiger partial charge in [0.05, 0.1) is 5.69 Å². The van der Waals surface area contributed by atoms with Gasteiger partial charge in [-0.05, 0) is 11.6 Å². The highest BCUT2D eigenvalue weighted by Gasteiger charge is 1.98. The lowest BCUT2D eigenvalue weighted by Gasteiger charge is -2.03. The zero-order valence-corrected chi connectivity index (χ0v) is 7.17. The SMILES string of the molecule is C=Cc1ccccc1NS(=O)O. The summed E-state index contributed by atoms with van der Waals surface area (Å²) in [5.41, 5.74) is 1.41. The summed E-state index contributed by atoms with van der Waals surface area (Å²) >= 11 is -2.03. The quantitative estimate of drug-likeness (QED) is 0.703. The van der Waals surface area contributed by atoms with E-state index in [1.807, 2.05) is 12.1 Å². The fraction of sp³-hybridized carbons (Fsp3) is 0. The van der Waals surface area contributed by atoms with Crippen molar-refractivity contribution >= 4 is 23.0 Å². The summed E-state index contributed by atoms with van der Waals surface area (Å²) in [6.07, 6.45) is 1.62. The molecule has 2 N–H and O–H groups in total. The van der Waals surface area contributed by atoms with Crippen molar-refractivity contribution < 1.29 is 8.76 Å². The van der Waals surface area contributed by atoms with E-state index in [0.29, 0.717) is 5.69 Å². The van der Waals surface area contributed by atoms with E-state index in [4.69, 9.17) is 4.55 Å². The van der Waals surface area contributed by atoms with Gasteiger partial charge in [-0.2, -0.15) is 0 Å². The highest BCUT2D eigenvalue weighted by molar-refractivity contribution is 7.80. The zero-order valence-electron chi connectivity index (χ0n) is 6.36. The Bertz CT molecular complexity index is 312. The maximum absolute atomic E-state index is 10.4. The molecule has 1 aromatic rings. The van der Waals surface area contributed by atoms with Gasteiger partial charge in [0.1, 0.15) is 0 Å². The van der Waals surface area contributed by atoms with Crippen molar-refractivity contribution in [1.29, 1.82) is 0 Å². The van der Waals surface area contributed by atoms with Gasteiger partial charge in [-0.1, -0.05) is 30.9 Å². The fourth-order valence-electron chi connectivity index (χ4n) is 0.862. The molecule has 3 nitrogen and oxygen atoms in total. The number of hydrogen-bond acceptors (Lipinski definition) is 1. The highest BCUT2D eigenvalue weighted by atomic mass is 32.2. The third-order valence-electron chi connectivity index (χ3n) is 1.38. The van der Waals surface area contributed by atoms with Crippen molar-refractivity contribution in [3.63, 3.8) is 0 Å². The summed E-state index contributed by atoms with van der Waals surface area (Å²) in [4.78, 5) is 0. The van der Waals surface area contributed by atoms with Crippen LogP contribution in [0.5, 0.6) is 0 Å².